The van der Waals surface area contributed by atoms with E-state index in [9.17, 15) is 0 Å². The number of nitrogens with two attached hydrogens (primary N) is 1. The van der Waals surface area contributed by atoms with Crippen LogP contribution < -0.4 is 5.73 Å². The van der Waals surface area contributed by atoms with Gasteiger partial charge in [-0.05, 0) is 31.2 Å². The highest BCUT2D eigenvalue weighted by molar-refractivity contribution is 5.80. The van der Waals surface area contributed by atoms with Crippen molar-refractivity contribution in [3.8, 4) is 0 Å². The molecule has 18 heavy (non-hydrogen) atoms. The van der Waals surface area contributed by atoms with E-state index in [1.54, 1.807) is 0 Å². The minimum atomic E-state index is 0.309. The summed E-state index contributed by atoms with van der Waals surface area (Å²) in [4.78, 5) is 5.09. The predicted molar refractivity (Wildman–Crippen MR) is 72.9 cm³/mol. The second-order valence-corrected chi connectivity index (χ2v) is 5.89. The van der Waals surface area contributed by atoms with E-state index >= 15 is 0 Å². The lowest BCUT2D eigenvalue weighted by molar-refractivity contribution is 0.114. The molecule has 0 unspecified atom stereocenters. The van der Waals surface area contributed by atoms with E-state index in [0.29, 0.717) is 11.3 Å². The van der Waals surface area contributed by atoms with Gasteiger partial charge in [0.05, 0.1) is 0 Å². The van der Waals surface area contributed by atoms with E-state index < -0.39 is 0 Å². The molecule has 0 bridgehead atoms. The summed E-state index contributed by atoms with van der Waals surface area (Å²) in [5.74, 6) is 0.386. The number of piperazine rings is 1. The highest BCUT2D eigenvalue weighted by Gasteiger charge is 2.44. The van der Waals surface area contributed by atoms with Crippen molar-refractivity contribution in [1.29, 1.82) is 0 Å². The zero-order valence-corrected chi connectivity index (χ0v) is 11.4. The Morgan fingerprint density at radius 1 is 1.22 bits per heavy atom. The third-order valence-electron chi connectivity index (χ3n) is 4.21. The van der Waals surface area contributed by atoms with Gasteiger partial charge in [0.25, 0.3) is 0 Å². The van der Waals surface area contributed by atoms with Gasteiger partial charge in [-0.15, -0.1) is 0 Å². The molecule has 5 heteroatoms. The molecule has 0 aromatic carbocycles. The van der Waals surface area contributed by atoms with Crippen molar-refractivity contribution in [2.24, 2.45) is 16.3 Å². The van der Waals surface area contributed by atoms with E-state index in [2.05, 4.69) is 21.9 Å². The summed E-state index contributed by atoms with van der Waals surface area (Å²) in [5, 5.41) is 11.8. The zero-order valence-electron chi connectivity index (χ0n) is 11.4. The molecule has 0 aromatic rings. The minimum Gasteiger partial charge on any atom is -0.409 e. The van der Waals surface area contributed by atoms with Crippen molar-refractivity contribution in [2.75, 3.05) is 39.3 Å². The van der Waals surface area contributed by atoms with Crippen LogP contribution in [0.25, 0.3) is 0 Å². The van der Waals surface area contributed by atoms with Gasteiger partial charge in [-0.1, -0.05) is 12.1 Å². The lowest BCUT2D eigenvalue weighted by Crippen LogP contribution is -2.48. The van der Waals surface area contributed by atoms with E-state index in [0.717, 1.165) is 26.1 Å². The zero-order chi connectivity index (χ0) is 13.0. The molecule has 3 N–H and O–H groups in total. The van der Waals surface area contributed by atoms with Gasteiger partial charge in [0.1, 0.15) is 5.84 Å². The molecule has 0 radical (unpaired) electrons. The van der Waals surface area contributed by atoms with Gasteiger partial charge < -0.3 is 20.7 Å². The van der Waals surface area contributed by atoms with Crippen molar-refractivity contribution in [2.45, 2.75) is 32.6 Å². The molecule has 1 saturated carbocycles. The molecular weight excluding hydrogens is 228 g/mol. The highest BCUT2D eigenvalue weighted by atomic mass is 16.4. The number of nitrogens with zero attached hydrogens (tertiary/aromatic N) is 3. The SMILES string of the molecule is CCCN1CCN(CC2(CC(N)=NO)CC2)CC1. The first kappa shape index (κ1) is 13.6. The monoisotopic (exact) mass is 254 g/mol. The van der Waals surface area contributed by atoms with E-state index in [1.165, 1.54) is 38.9 Å². The maximum Gasteiger partial charge on any atom is 0.139 e. The number of amidine groups is 1. The lowest BCUT2D eigenvalue weighted by atomic mass is 10.0. The Labute approximate surface area is 110 Å². The summed E-state index contributed by atoms with van der Waals surface area (Å²) < 4.78 is 0. The molecule has 2 aliphatic rings. The smallest absolute Gasteiger partial charge is 0.139 e. The molecule has 0 spiro atoms. The van der Waals surface area contributed by atoms with Crippen LogP contribution in [0, 0.1) is 5.41 Å². The van der Waals surface area contributed by atoms with Gasteiger partial charge in [-0.2, -0.15) is 0 Å². The minimum absolute atomic E-state index is 0.309. The average Bonchev–Trinajstić information content (AvgIpc) is 3.11. The van der Waals surface area contributed by atoms with Crippen molar-refractivity contribution in [3.63, 3.8) is 0 Å². The van der Waals surface area contributed by atoms with Crippen LogP contribution in [0.2, 0.25) is 0 Å². The van der Waals surface area contributed by atoms with Crippen LogP contribution in [-0.2, 0) is 0 Å². The van der Waals surface area contributed by atoms with Crippen LogP contribution in [-0.4, -0.2) is 60.1 Å². The van der Waals surface area contributed by atoms with Crippen LogP contribution in [0.15, 0.2) is 5.16 Å². The number of oxime groups is 1. The topological polar surface area (TPSA) is 65.1 Å². The Hall–Kier alpha value is -0.810. The van der Waals surface area contributed by atoms with Crippen molar-refractivity contribution < 1.29 is 5.21 Å². The molecule has 1 aliphatic heterocycles. The Kier molecular flexibility index (Phi) is 4.45. The third kappa shape index (κ3) is 3.59. The fourth-order valence-corrected chi connectivity index (χ4v) is 2.95. The normalized spacial score (nSPS) is 25.3. The van der Waals surface area contributed by atoms with E-state index in [4.69, 9.17) is 10.9 Å². The molecule has 5 nitrogen and oxygen atoms in total. The van der Waals surface area contributed by atoms with Gasteiger partial charge in [0.2, 0.25) is 0 Å². The number of hydrogen-bond acceptors (Lipinski definition) is 4. The summed E-state index contributed by atoms with van der Waals surface area (Å²) in [6, 6.07) is 0. The molecule has 1 heterocycles. The van der Waals surface area contributed by atoms with Crippen molar-refractivity contribution in [3.05, 3.63) is 0 Å². The summed E-state index contributed by atoms with van der Waals surface area (Å²) in [7, 11) is 0. The van der Waals surface area contributed by atoms with Crippen LogP contribution in [0.3, 0.4) is 0 Å². The summed E-state index contributed by atoms with van der Waals surface area (Å²) in [6.07, 6.45) is 4.43. The highest BCUT2D eigenvalue weighted by Crippen LogP contribution is 2.49. The number of hydrogen-bond donors (Lipinski definition) is 2. The average molecular weight is 254 g/mol. The second-order valence-electron chi connectivity index (χ2n) is 5.89. The first-order chi connectivity index (χ1) is 8.67. The first-order valence-corrected chi connectivity index (χ1v) is 7.08. The van der Waals surface area contributed by atoms with Crippen LogP contribution in [0.1, 0.15) is 32.6 Å². The largest absolute Gasteiger partial charge is 0.409 e. The van der Waals surface area contributed by atoms with E-state index in [1.807, 2.05) is 0 Å². The maximum atomic E-state index is 8.67. The lowest BCUT2D eigenvalue weighted by Gasteiger charge is -2.36. The third-order valence-corrected chi connectivity index (χ3v) is 4.21. The molecule has 1 saturated heterocycles. The Morgan fingerprint density at radius 2 is 1.83 bits per heavy atom. The van der Waals surface area contributed by atoms with Gasteiger partial charge in [-0.25, -0.2) is 0 Å². The molecule has 0 amide bonds. The fraction of sp³-hybridized carbons (Fsp3) is 0.923. The Balaban J connectivity index is 1.74. The van der Waals surface area contributed by atoms with Crippen molar-refractivity contribution >= 4 is 5.84 Å². The van der Waals surface area contributed by atoms with Crippen molar-refractivity contribution in [1.82, 2.24) is 9.80 Å². The Morgan fingerprint density at radius 3 is 2.33 bits per heavy atom. The van der Waals surface area contributed by atoms with Gasteiger partial charge in [-0.3, -0.25) is 0 Å². The maximum absolute atomic E-state index is 8.67. The molecule has 1 aliphatic carbocycles. The first-order valence-electron chi connectivity index (χ1n) is 7.08. The standard InChI is InChI=1S/C13H26N4O/c1-2-5-16-6-8-17(9-7-16)11-13(3-4-13)10-12(14)15-18/h18H,2-11H2,1H3,(H2,14,15). The second kappa shape index (κ2) is 5.89. The molecule has 0 atom stereocenters. The summed E-state index contributed by atoms with van der Waals surface area (Å²) in [6.45, 7) is 9.28. The van der Waals surface area contributed by atoms with Gasteiger partial charge in [0, 0.05) is 39.1 Å². The quantitative estimate of drug-likeness (QED) is 0.320. The van der Waals surface area contributed by atoms with Crippen LogP contribution >= 0.6 is 0 Å². The van der Waals surface area contributed by atoms with Gasteiger partial charge in [0.15, 0.2) is 0 Å². The number of rotatable bonds is 6. The molecular formula is C13H26N4O. The molecule has 104 valence electrons. The molecule has 0 aromatic heterocycles. The molecule has 2 rings (SSSR count). The van der Waals surface area contributed by atoms with Crippen LogP contribution in [0.4, 0.5) is 0 Å². The van der Waals surface area contributed by atoms with E-state index in [-0.39, 0.29) is 0 Å². The van der Waals surface area contributed by atoms with Gasteiger partial charge >= 0.3 is 0 Å². The van der Waals surface area contributed by atoms with Crippen LogP contribution in [0.5, 0.6) is 0 Å². The summed E-state index contributed by atoms with van der Waals surface area (Å²) >= 11 is 0. The predicted octanol–water partition coefficient (Wildman–Crippen LogP) is 0.931. The molecule has 2 fully saturated rings. The summed E-state index contributed by atoms with van der Waals surface area (Å²) in [5.41, 5.74) is 5.95. The fourth-order valence-electron chi connectivity index (χ4n) is 2.95. The Bertz CT molecular complexity index is 293.